The molecule has 1 fully saturated rings. The van der Waals surface area contributed by atoms with Crippen LogP contribution in [0.1, 0.15) is 32.4 Å². The first-order valence-corrected chi connectivity index (χ1v) is 10.1. The summed E-state index contributed by atoms with van der Waals surface area (Å²) in [7, 11) is 0. The fourth-order valence-corrected chi connectivity index (χ4v) is 3.72. The number of hydrogen-bond donors (Lipinski definition) is 0. The Kier molecular flexibility index (Phi) is 8.47. The first-order chi connectivity index (χ1) is 14.4. The molecular formula is C20H22BrF3O7. The molecule has 1 heterocycles. The van der Waals surface area contributed by atoms with Crippen LogP contribution in [0.2, 0.25) is 0 Å². The molecule has 1 aromatic carbocycles. The Balaban J connectivity index is 2.59. The van der Waals surface area contributed by atoms with Crippen molar-refractivity contribution in [1.82, 2.24) is 0 Å². The van der Waals surface area contributed by atoms with E-state index >= 15 is 0 Å². The molecule has 0 spiro atoms. The molecule has 1 saturated heterocycles. The van der Waals surface area contributed by atoms with Crippen molar-refractivity contribution in [2.45, 2.75) is 45.3 Å². The van der Waals surface area contributed by atoms with Gasteiger partial charge in [0, 0.05) is 25.2 Å². The van der Waals surface area contributed by atoms with Crippen LogP contribution in [-0.2, 0) is 33.3 Å². The lowest BCUT2D eigenvalue weighted by Gasteiger charge is -2.36. The maximum Gasteiger partial charge on any atom is 0.399 e. The zero-order chi connectivity index (χ0) is 23.3. The molecule has 31 heavy (non-hydrogen) atoms. The Morgan fingerprint density at radius 2 is 1.55 bits per heavy atom. The highest BCUT2D eigenvalue weighted by molar-refractivity contribution is 9.10. The third kappa shape index (κ3) is 6.93. The van der Waals surface area contributed by atoms with Crippen LogP contribution in [0.5, 0.6) is 0 Å². The molecule has 0 N–H and O–H groups in total. The van der Waals surface area contributed by atoms with Gasteiger partial charge in [-0.05, 0) is 17.7 Å². The number of esters is 3. The van der Waals surface area contributed by atoms with Crippen molar-refractivity contribution in [2.75, 3.05) is 13.2 Å². The van der Waals surface area contributed by atoms with Crippen LogP contribution in [0.4, 0.5) is 13.2 Å². The molecule has 0 radical (unpaired) electrons. The van der Waals surface area contributed by atoms with Crippen LogP contribution in [0, 0.1) is 11.8 Å². The van der Waals surface area contributed by atoms with Crippen LogP contribution in [-0.4, -0.2) is 49.5 Å². The number of benzene rings is 1. The van der Waals surface area contributed by atoms with Crippen molar-refractivity contribution in [3.8, 4) is 0 Å². The topological polar surface area (TPSA) is 88.1 Å². The van der Waals surface area contributed by atoms with Crippen molar-refractivity contribution < 1.29 is 46.5 Å². The Morgan fingerprint density at radius 3 is 2.03 bits per heavy atom. The average Bonchev–Trinajstić information content (AvgIpc) is 2.76. The lowest BCUT2D eigenvalue weighted by molar-refractivity contribution is -0.245. The number of rotatable bonds is 5. The second-order valence-corrected chi connectivity index (χ2v) is 8.00. The second kappa shape index (κ2) is 10.4. The van der Waals surface area contributed by atoms with Crippen LogP contribution < -0.4 is 0 Å². The van der Waals surface area contributed by atoms with Gasteiger partial charge in [0.2, 0.25) is 0 Å². The predicted octanol–water partition coefficient (Wildman–Crippen LogP) is 3.74. The summed E-state index contributed by atoms with van der Waals surface area (Å²) in [6.07, 6.45) is -9.88. The summed E-state index contributed by atoms with van der Waals surface area (Å²) < 4.78 is 64.4. The van der Waals surface area contributed by atoms with Gasteiger partial charge in [-0.25, -0.2) is 0 Å². The summed E-state index contributed by atoms with van der Waals surface area (Å²) in [5, 5.41) is 0. The largest absolute Gasteiger partial charge is 0.465 e. The van der Waals surface area contributed by atoms with Gasteiger partial charge in [-0.3, -0.25) is 14.4 Å². The fourth-order valence-electron chi connectivity index (χ4n) is 3.45. The van der Waals surface area contributed by atoms with Gasteiger partial charge in [0.1, 0.15) is 24.2 Å². The van der Waals surface area contributed by atoms with Gasteiger partial charge < -0.3 is 18.9 Å². The van der Waals surface area contributed by atoms with E-state index in [9.17, 15) is 27.6 Å². The van der Waals surface area contributed by atoms with Crippen molar-refractivity contribution >= 4 is 33.8 Å². The van der Waals surface area contributed by atoms with Gasteiger partial charge in [0.15, 0.2) is 0 Å². The summed E-state index contributed by atoms with van der Waals surface area (Å²) in [5.41, 5.74) is 0.332. The fraction of sp³-hybridized carbons (Fsp3) is 0.550. The molecule has 0 aromatic heterocycles. The van der Waals surface area contributed by atoms with Crippen LogP contribution in [0.3, 0.4) is 0 Å². The van der Waals surface area contributed by atoms with E-state index in [1.165, 1.54) is 12.1 Å². The molecule has 5 atom stereocenters. The van der Waals surface area contributed by atoms with Crippen LogP contribution in [0.25, 0.3) is 0 Å². The number of ether oxygens (including phenoxy) is 4. The first kappa shape index (κ1) is 25.1. The molecule has 1 aliphatic heterocycles. The molecule has 0 amide bonds. The Morgan fingerprint density at radius 1 is 1.00 bits per heavy atom. The van der Waals surface area contributed by atoms with E-state index in [4.69, 9.17) is 18.9 Å². The molecule has 3 unspecified atom stereocenters. The smallest absolute Gasteiger partial charge is 0.399 e. The van der Waals surface area contributed by atoms with Gasteiger partial charge in [0.25, 0.3) is 0 Å². The highest BCUT2D eigenvalue weighted by atomic mass is 79.9. The zero-order valence-corrected chi connectivity index (χ0v) is 18.6. The minimum absolute atomic E-state index is 0.332. The summed E-state index contributed by atoms with van der Waals surface area (Å²) in [5.74, 6) is -6.19. The van der Waals surface area contributed by atoms with Gasteiger partial charge >= 0.3 is 24.1 Å². The molecule has 0 bridgehead atoms. The van der Waals surface area contributed by atoms with Crippen molar-refractivity contribution in [3.05, 3.63) is 34.3 Å². The van der Waals surface area contributed by atoms with Gasteiger partial charge in [0.05, 0.1) is 19.1 Å². The molecule has 2 rings (SSSR count). The van der Waals surface area contributed by atoms with Gasteiger partial charge in [-0.1, -0.05) is 28.1 Å². The Hall–Kier alpha value is -2.14. The second-order valence-electron chi connectivity index (χ2n) is 7.08. The van der Waals surface area contributed by atoms with E-state index in [1.807, 2.05) is 0 Å². The lowest BCUT2D eigenvalue weighted by atomic mass is 9.84. The molecule has 11 heteroatoms. The maximum absolute atomic E-state index is 14.3. The zero-order valence-electron chi connectivity index (χ0n) is 17.0. The van der Waals surface area contributed by atoms with Crippen LogP contribution in [0.15, 0.2) is 28.7 Å². The predicted molar refractivity (Wildman–Crippen MR) is 104 cm³/mol. The summed E-state index contributed by atoms with van der Waals surface area (Å²) in [6, 6.07) is 6.28. The minimum atomic E-state index is -4.93. The van der Waals surface area contributed by atoms with E-state index in [0.29, 0.717) is 10.0 Å². The molecule has 7 nitrogen and oxygen atoms in total. The molecule has 1 aromatic rings. The summed E-state index contributed by atoms with van der Waals surface area (Å²) in [4.78, 5) is 34.6. The number of carbonyl (C=O) groups excluding carboxylic acids is 3. The van der Waals surface area contributed by atoms with Crippen molar-refractivity contribution in [3.63, 3.8) is 0 Å². The SMILES string of the molecule is CC(=O)OCC1CO[C@@H](c2ccc(Br)cc2)C(OC(C)=O)C(C(F)(F)F)[C@@H]1OC(C)=O. The Bertz CT molecular complexity index is 797. The highest BCUT2D eigenvalue weighted by Gasteiger charge is 2.59. The van der Waals surface area contributed by atoms with Crippen molar-refractivity contribution in [2.24, 2.45) is 11.8 Å². The number of hydrogen-bond acceptors (Lipinski definition) is 7. The minimum Gasteiger partial charge on any atom is -0.465 e. The third-order valence-electron chi connectivity index (χ3n) is 4.64. The van der Waals surface area contributed by atoms with Crippen molar-refractivity contribution in [1.29, 1.82) is 0 Å². The monoisotopic (exact) mass is 510 g/mol. The molecule has 0 aliphatic carbocycles. The van der Waals surface area contributed by atoms with Crippen LogP contribution >= 0.6 is 15.9 Å². The Labute approximate surface area is 185 Å². The third-order valence-corrected chi connectivity index (χ3v) is 5.17. The van der Waals surface area contributed by atoms with Gasteiger partial charge in [-0.15, -0.1) is 0 Å². The number of halogens is 4. The summed E-state index contributed by atoms with van der Waals surface area (Å²) in [6.45, 7) is 2.24. The highest BCUT2D eigenvalue weighted by Crippen LogP contribution is 2.45. The molecule has 0 saturated carbocycles. The standard InChI is InChI=1S/C20H22BrF3O7/c1-10(25)28-8-14-9-29-18(13-4-6-15(21)7-5-13)19(31-12(3)27)16(20(22,23)24)17(14)30-11(2)26/h4-7,14,16-19H,8-9H2,1-3H3/t14?,16?,17-,18+,19?/m1/s1. The van der Waals surface area contributed by atoms with E-state index in [0.717, 1.165) is 20.8 Å². The lowest BCUT2D eigenvalue weighted by Crippen LogP contribution is -2.50. The average molecular weight is 511 g/mol. The van der Waals surface area contributed by atoms with E-state index in [2.05, 4.69) is 15.9 Å². The number of carbonyl (C=O) groups is 3. The van der Waals surface area contributed by atoms with E-state index in [-0.39, 0.29) is 6.61 Å². The summed E-state index contributed by atoms with van der Waals surface area (Å²) >= 11 is 3.25. The molecular weight excluding hydrogens is 489 g/mol. The normalized spacial score (nSPS) is 26.5. The van der Waals surface area contributed by atoms with E-state index in [1.54, 1.807) is 12.1 Å². The van der Waals surface area contributed by atoms with E-state index < -0.39 is 60.8 Å². The number of alkyl halides is 3. The quantitative estimate of drug-likeness (QED) is 0.440. The van der Waals surface area contributed by atoms with Gasteiger partial charge in [-0.2, -0.15) is 13.2 Å². The molecule has 1 aliphatic rings. The maximum atomic E-state index is 14.3. The first-order valence-electron chi connectivity index (χ1n) is 9.31. The molecule has 172 valence electrons.